The van der Waals surface area contributed by atoms with Gasteiger partial charge in [0.2, 0.25) is 0 Å². The van der Waals surface area contributed by atoms with E-state index in [1.807, 2.05) is 6.07 Å². The highest BCUT2D eigenvalue weighted by Crippen LogP contribution is 2.31. The number of hydrogen-bond donors (Lipinski definition) is 1. The fraction of sp³-hybridized carbons (Fsp3) is 0.316. The molecule has 7 heteroatoms. The minimum Gasteiger partial charge on any atom is -0.468 e. The molecule has 0 aliphatic carbocycles. The van der Waals surface area contributed by atoms with Crippen LogP contribution in [0.4, 0.5) is 16.3 Å². The van der Waals surface area contributed by atoms with Crippen LogP contribution >= 0.6 is 0 Å². The molecular weight excluding hydrogens is 332 g/mol. The summed E-state index contributed by atoms with van der Waals surface area (Å²) in [5, 5.41) is 2.58. The average molecular weight is 354 g/mol. The topological polar surface area (TPSA) is 74.8 Å². The van der Waals surface area contributed by atoms with Crippen LogP contribution in [0.2, 0.25) is 0 Å². The van der Waals surface area contributed by atoms with Gasteiger partial charge in [0.15, 0.2) is 5.82 Å². The quantitative estimate of drug-likeness (QED) is 0.851. The van der Waals surface area contributed by atoms with Crippen LogP contribution in [0.5, 0.6) is 0 Å². The van der Waals surface area contributed by atoms with Crippen molar-refractivity contribution >= 4 is 23.5 Å². The zero-order valence-electron chi connectivity index (χ0n) is 14.9. The number of carbonyl (C=O) groups excluding carboxylic acids is 2. The van der Waals surface area contributed by atoms with Gasteiger partial charge in [-0.3, -0.25) is 9.69 Å². The Labute approximate surface area is 152 Å². The number of ether oxygens (including phenoxy) is 1. The highest BCUT2D eigenvalue weighted by Gasteiger charge is 2.28. The summed E-state index contributed by atoms with van der Waals surface area (Å²) in [5.41, 5.74) is 3.14. The monoisotopic (exact) mass is 354 g/mol. The number of anilines is 2. The van der Waals surface area contributed by atoms with Crippen LogP contribution in [0, 0.1) is 6.92 Å². The molecule has 2 aromatic rings. The van der Waals surface area contributed by atoms with E-state index in [0.29, 0.717) is 13.1 Å². The lowest BCUT2D eigenvalue weighted by molar-refractivity contribution is -0.139. The number of esters is 1. The maximum Gasteiger partial charge on any atom is 0.325 e. The number of fused-ring (bicyclic) bond motifs is 1. The maximum absolute atomic E-state index is 12.4. The molecule has 0 saturated carbocycles. The fourth-order valence-electron chi connectivity index (χ4n) is 2.88. The van der Waals surface area contributed by atoms with E-state index in [-0.39, 0.29) is 12.6 Å². The SMILES string of the molecule is COC(=O)CNC(=O)N1CCN(Cc2ccc(C)cc2)c2ncccc21. The van der Waals surface area contributed by atoms with Gasteiger partial charge in [-0.05, 0) is 24.6 Å². The minimum atomic E-state index is -0.484. The summed E-state index contributed by atoms with van der Waals surface area (Å²) in [6, 6.07) is 11.7. The normalized spacial score (nSPS) is 13.2. The van der Waals surface area contributed by atoms with E-state index in [1.165, 1.54) is 18.2 Å². The maximum atomic E-state index is 12.4. The Morgan fingerprint density at radius 2 is 1.96 bits per heavy atom. The molecular formula is C19H22N4O3. The summed E-state index contributed by atoms with van der Waals surface area (Å²) in [5.74, 6) is 0.273. The van der Waals surface area contributed by atoms with Crippen molar-refractivity contribution in [3.05, 3.63) is 53.7 Å². The van der Waals surface area contributed by atoms with Crippen molar-refractivity contribution in [3.8, 4) is 0 Å². The fourth-order valence-corrected chi connectivity index (χ4v) is 2.88. The molecule has 0 bridgehead atoms. The van der Waals surface area contributed by atoms with E-state index < -0.39 is 5.97 Å². The zero-order valence-corrected chi connectivity index (χ0v) is 14.9. The number of aryl methyl sites for hydroxylation is 1. The van der Waals surface area contributed by atoms with Crippen LogP contribution in [-0.4, -0.2) is 43.7 Å². The largest absolute Gasteiger partial charge is 0.468 e. The zero-order chi connectivity index (χ0) is 18.5. The number of carbonyl (C=O) groups is 2. The second-order valence-corrected chi connectivity index (χ2v) is 6.14. The highest BCUT2D eigenvalue weighted by atomic mass is 16.5. The molecule has 0 saturated heterocycles. The number of nitrogens with zero attached hydrogens (tertiary/aromatic N) is 3. The highest BCUT2D eigenvalue weighted by molar-refractivity contribution is 5.97. The second-order valence-electron chi connectivity index (χ2n) is 6.14. The first-order valence-corrected chi connectivity index (χ1v) is 8.46. The van der Waals surface area contributed by atoms with E-state index in [2.05, 4.69) is 51.1 Å². The molecule has 3 rings (SSSR count). The first kappa shape index (κ1) is 17.7. The van der Waals surface area contributed by atoms with E-state index in [1.54, 1.807) is 17.2 Å². The molecule has 2 heterocycles. The van der Waals surface area contributed by atoms with Gasteiger partial charge in [-0.25, -0.2) is 9.78 Å². The number of rotatable bonds is 4. The Balaban J connectivity index is 1.76. The number of benzene rings is 1. The van der Waals surface area contributed by atoms with E-state index in [4.69, 9.17) is 0 Å². The predicted molar refractivity (Wildman–Crippen MR) is 99.2 cm³/mol. The molecule has 1 aliphatic rings. The molecule has 1 aliphatic heterocycles. The van der Waals surface area contributed by atoms with Gasteiger partial charge >= 0.3 is 12.0 Å². The first-order chi connectivity index (χ1) is 12.6. The van der Waals surface area contributed by atoms with E-state index >= 15 is 0 Å². The number of amides is 2. The third kappa shape index (κ3) is 3.93. The van der Waals surface area contributed by atoms with E-state index in [0.717, 1.165) is 18.1 Å². The van der Waals surface area contributed by atoms with Crippen LogP contribution in [0.15, 0.2) is 42.6 Å². The van der Waals surface area contributed by atoms with Gasteiger partial charge in [-0.2, -0.15) is 0 Å². The Kier molecular flexibility index (Phi) is 5.36. The lowest BCUT2D eigenvalue weighted by Gasteiger charge is -2.36. The standard InChI is InChI=1S/C19H22N4O3/c1-14-5-7-15(8-6-14)13-22-10-11-23(16-4-3-9-20-18(16)22)19(25)21-12-17(24)26-2/h3-9H,10-13H2,1-2H3,(H,21,25). The van der Waals surface area contributed by atoms with Gasteiger partial charge in [0.25, 0.3) is 0 Å². The number of methoxy groups -OCH3 is 1. The number of hydrogen-bond acceptors (Lipinski definition) is 5. The van der Waals surface area contributed by atoms with Gasteiger partial charge in [-0.15, -0.1) is 0 Å². The van der Waals surface area contributed by atoms with E-state index in [9.17, 15) is 9.59 Å². The van der Waals surface area contributed by atoms with Crippen molar-refractivity contribution in [1.82, 2.24) is 10.3 Å². The summed E-state index contributed by atoms with van der Waals surface area (Å²) >= 11 is 0. The van der Waals surface area contributed by atoms with Crippen molar-refractivity contribution in [2.75, 3.05) is 36.5 Å². The summed E-state index contributed by atoms with van der Waals surface area (Å²) < 4.78 is 4.56. The molecule has 1 aromatic heterocycles. The summed E-state index contributed by atoms with van der Waals surface area (Å²) in [7, 11) is 1.29. The number of pyridine rings is 1. The summed E-state index contributed by atoms with van der Waals surface area (Å²) in [6.07, 6.45) is 1.72. The number of urea groups is 1. The molecule has 7 nitrogen and oxygen atoms in total. The van der Waals surface area contributed by atoms with Crippen molar-refractivity contribution in [2.24, 2.45) is 0 Å². The second kappa shape index (κ2) is 7.86. The Hall–Kier alpha value is -3.09. The molecule has 0 spiro atoms. The minimum absolute atomic E-state index is 0.158. The molecule has 2 amide bonds. The Morgan fingerprint density at radius 3 is 2.69 bits per heavy atom. The van der Waals surface area contributed by atoms with Gasteiger partial charge in [-0.1, -0.05) is 29.8 Å². The molecule has 1 aromatic carbocycles. The van der Waals surface area contributed by atoms with Crippen LogP contribution in [0.25, 0.3) is 0 Å². The summed E-state index contributed by atoms with van der Waals surface area (Å²) in [6.45, 7) is 3.80. The lowest BCUT2D eigenvalue weighted by atomic mass is 10.1. The van der Waals surface area contributed by atoms with Crippen LogP contribution in [0.3, 0.4) is 0 Å². The smallest absolute Gasteiger partial charge is 0.325 e. The molecule has 26 heavy (non-hydrogen) atoms. The molecule has 0 atom stereocenters. The van der Waals surface area contributed by atoms with Crippen LogP contribution < -0.4 is 15.1 Å². The lowest BCUT2D eigenvalue weighted by Crippen LogP contribution is -2.49. The average Bonchev–Trinajstić information content (AvgIpc) is 2.67. The predicted octanol–water partition coefficient (Wildman–Crippen LogP) is 2.10. The van der Waals surface area contributed by atoms with Gasteiger partial charge in [0.05, 0.1) is 12.8 Å². The van der Waals surface area contributed by atoms with Gasteiger partial charge in [0, 0.05) is 25.8 Å². The van der Waals surface area contributed by atoms with Crippen molar-refractivity contribution in [1.29, 1.82) is 0 Å². The van der Waals surface area contributed by atoms with Crippen LogP contribution in [-0.2, 0) is 16.1 Å². The first-order valence-electron chi connectivity index (χ1n) is 8.46. The van der Waals surface area contributed by atoms with Gasteiger partial charge < -0.3 is 15.0 Å². The Bertz CT molecular complexity index is 792. The van der Waals surface area contributed by atoms with Crippen molar-refractivity contribution in [2.45, 2.75) is 13.5 Å². The summed E-state index contributed by atoms with van der Waals surface area (Å²) in [4.78, 5) is 31.9. The molecule has 0 fully saturated rings. The molecule has 0 radical (unpaired) electrons. The van der Waals surface area contributed by atoms with Crippen LogP contribution in [0.1, 0.15) is 11.1 Å². The van der Waals surface area contributed by atoms with Gasteiger partial charge in [0.1, 0.15) is 6.54 Å². The Morgan fingerprint density at radius 1 is 1.19 bits per heavy atom. The van der Waals surface area contributed by atoms with Crippen molar-refractivity contribution in [3.63, 3.8) is 0 Å². The number of nitrogens with one attached hydrogen (secondary N) is 1. The molecule has 1 N–H and O–H groups in total. The number of aromatic nitrogens is 1. The van der Waals surface area contributed by atoms with Crippen molar-refractivity contribution < 1.29 is 14.3 Å². The molecule has 0 unspecified atom stereocenters. The molecule has 136 valence electrons. The third-order valence-corrected chi connectivity index (χ3v) is 4.30. The third-order valence-electron chi connectivity index (χ3n) is 4.30.